The second-order valence-corrected chi connectivity index (χ2v) is 6.28. The third-order valence-corrected chi connectivity index (χ3v) is 4.16. The number of nitrogens with zero attached hydrogens (tertiary/aromatic N) is 1. The average Bonchev–Trinajstić information content (AvgIpc) is 3.01. The van der Waals surface area contributed by atoms with Gasteiger partial charge in [0.15, 0.2) is 0 Å². The molecule has 0 aliphatic heterocycles. The van der Waals surface area contributed by atoms with E-state index in [0.717, 1.165) is 0 Å². The number of hydrogen-bond donors (Lipinski definition) is 2. The molecule has 0 radical (unpaired) electrons. The summed E-state index contributed by atoms with van der Waals surface area (Å²) >= 11 is 6.15. The van der Waals surface area contributed by atoms with Crippen LogP contribution in [0.15, 0.2) is 59.0 Å². The first-order valence-electron chi connectivity index (χ1n) is 8.35. The fourth-order valence-corrected chi connectivity index (χ4v) is 2.68. The van der Waals surface area contributed by atoms with E-state index in [9.17, 15) is 9.59 Å². The van der Waals surface area contributed by atoms with E-state index in [1.807, 2.05) is 30.3 Å². The number of halogens is 1. The Balaban J connectivity index is 1.57. The van der Waals surface area contributed by atoms with Gasteiger partial charge in [0.1, 0.15) is 5.76 Å². The van der Waals surface area contributed by atoms with Crippen LogP contribution in [0.5, 0.6) is 0 Å². The first-order chi connectivity index (χ1) is 13.0. The molecule has 0 aliphatic rings. The molecule has 0 fully saturated rings. The van der Waals surface area contributed by atoms with E-state index in [0.29, 0.717) is 33.6 Å². The van der Waals surface area contributed by atoms with Crippen LogP contribution in [0.3, 0.4) is 0 Å². The van der Waals surface area contributed by atoms with Crippen molar-refractivity contribution in [3.63, 3.8) is 0 Å². The molecule has 7 heteroatoms. The highest BCUT2D eigenvalue weighted by molar-refractivity contribution is 6.33. The Morgan fingerprint density at radius 2 is 1.74 bits per heavy atom. The molecule has 138 valence electrons. The van der Waals surface area contributed by atoms with Gasteiger partial charge >= 0.3 is 0 Å². The molecule has 2 amide bonds. The summed E-state index contributed by atoms with van der Waals surface area (Å²) in [7, 11) is 0. The lowest BCUT2D eigenvalue weighted by Gasteiger charge is -2.06. The van der Waals surface area contributed by atoms with Crippen molar-refractivity contribution >= 4 is 29.1 Å². The SMILES string of the molecule is Cc1oc(-c2ccccc2Cl)nc1CC(=O)NCC(=O)Nc1ccccc1. The van der Waals surface area contributed by atoms with Gasteiger partial charge in [0.25, 0.3) is 0 Å². The van der Waals surface area contributed by atoms with Crippen LogP contribution in [0.4, 0.5) is 5.69 Å². The third-order valence-electron chi connectivity index (χ3n) is 3.83. The van der Waals surface area contributed by atoms with Crippen molar-refractivity contribution in [1.82, 2.24) is 10.3 Å². The van der Waals surface area contributed by atoms with Gasteiger partial charge in [-0.2, -0.15) is 0 Å². The maximum Gasteiger partial charge on any atom is 0.243 e. The fourth-order valence-electron chi connectivity index (χ4n) is 2.46. The van der Waals surface area contributed by atoms with E-state index < -0.39 is 0 Å². The number of nitrogens with one attached hydrogen (secondary N) is 2. The van der Waals surface area contributed by atoms with E-state index in [1.165, 1.54) is 0 Å². The summed E-state index contributed by atoms with van der Waals surface area (Å²) in [5.74, 6) is 0.278. The van der Waals surface area contributed by atoms with Gasteiger partial charge in [-0.15, -0.1) is 0 Å². The topological polar surface area (TPSA) is 84.2 Å². The van der Waals surface area contributed by atoms with Crippen LogP contribution in [0, 0.1) is 6.92 Å². The molecular formula is C20H18ClN3O3. The van der Waals surface area contributed by atoms with Gasteiger partial charge < -0.3 is 15.1 Å². The number of benzene rings is 2. The number of aryl methyl sites for hydroxylation is 1. The van der Waals surface area contributed by atoms with E-state index in [1.54, 1.807) is 31.2 Å². The quantitative estimate of drug-likeness (QED) is 0.681. The van der Waals surface area contributed by atoms with Crippen molar-refractivity contribution in [2.75, 3.05) is 11.9 Å². The molecule has 0 saturated heterocycles. The minimum atomic E-state index is -0.319. The summed E-state index contributed by atoms with van der Waals surface area (Å²) in [5.41, 5.74) is 1.84. The Bertz CT molecular complexity index is 954. The second kappa shape index (κ2) is 8.51. The molecule has 0 spiro atoms. The van der Waals surface area contributed by atoms with Crippen LogP contribution in [0.2, 0.25) is 5.02 Å². The Kier molecular flexibility index (Phi) is 5.88. The predicted molar refractivity (Wildman–Crippen MR) is 103 cm³/mol. The number of rotatable bonds is 6. The highest BCUT2D eigenvalue weighted by Crippen LogP contribution is 2.28. The smallest absolute Gasteiger partial charge is 0.243 e. The van der Waals surface area contributed by atoms with Crippen molar-refractivity contribution in [3.8, 4) is 11.5 Å². The van der Waals surface area contributed by atoms with E-state index in [-0.39, 0.29) is 24.8 Å². The standard InChI is InChI=1S/C20H18ClN3O3/c1-13-17(24-20(27-13)15-9-5-6-10-16(15)21)11-18(25)22-12-19(26)23-14-7-3-2-4-8-14/h2-10H,11-12H2,1H3,(H,22,25)(H,23,26). The first kappa shape index (κ1) is 18.7. The minimum absolute atomic E-state index is 0.0123. The molecule has 1 aromatic heterocycles. The molecule has 0 aliphatic carbocycles. The summed E-state index contributed by atoms with van der Waals surface area (Å²) in [6.45, 7) is 1.61. The van der Waals surface area contributed by atoms with Crippen LogP contribution in [0.25, 0.3) is 11.5 Å². The van der Waals surface area contributed by atoms with Gasteiger partial charge in [-0.3, -0.25) is 9.59 Å². The second-order valence-electron chi connectivity index (χ2n) is 5.87. The summed E-state index contributed by atoms with van der Waals surface area (Å²) in [5, 5.41) is 5.80. The molecule has 27 heavy (non-hydrogen) atoms. The number of para-hydroxylation sites is 1. The van der Waals surface area contributed by atoms with Gasteiger partial charge in [-0.25, -0.2) is 4.98 Å². The zero-order valence-corrected chi connectivity index (χ0v) is 15.4. The average molecular weight is 384 g/mol. The van der Waals surface area contributed by atoms with Crippen LogP contribution < -0.4 is 10.6 Å². The maximum absolute atomic E-state index is 12.1. The lowest BCUT2D eigenvalue weighted by atomic mass is 10.2. The molecule has 0 saturated carbocycles. The van der Waals surface area contributed by atoms with Crippen molar-refractivity contribution < 1.29 is 14.0 Å². The molecule has 3 rings (SSSR count). The zero-order chi connectivity index (χ0) is 19.2. The predicted octanol–water partition coefficient (Wildman–Crippen LogP) is 3.60. The molecule has 2 N–H and O–H groups in total. The Hall–Kier alpha value is -3.12. The fraction of sp³-hybridized carbons (Fsp3) is 0.150. The number of anilines is 1. The summed E-state index contributed by atoms with van der Waals surface area (Å²) < 4.78 is 5.63. The van der Waals surface area contributed by atoms with Crippen molar-refractivity contribution in [2.24, 2.45) is 0 Å². The number of carbonyl (C=O) groups excluding carboxylic acids is 2. The molecule has 2 aromatic carbocycles. The van der Waals surface area contributed by atoms with Crippen molar-refractivity contribution in [2.45, 2.75) is 13.3 Å². The van der Waals surface area contributed by atoms with Crippen LogP contribution in [-0.4, -0.2) is 23.3 Å². The van der Waals surface area contributed by atoms with Crippen LogP contribution >= 0.6 is 11.6 Å². The highest BCUT2D eigenvalue weighted by Gasteiger charge is 2.16. The molecule has 3 aromatic rings. The summed E-state index contributed by atoms with van der Waals surface area (Å²) in [6, 6.07) is 16.2. The van der Waals surface area contributed by atoms with Gasteiger partial charge in [0.05, 0.1) is 29.2 Å². The van der Waals surface area contributed by atoms with E-state index >= 15 is 0 Å². The molecular weight excluding hydrogens is 366 g/mol. The molecule has 1 heterocycles. The molecule has 0 atom stereocenters. The van der Waals surface area contributed by atoms with E-state index in [2.05, 4.69) is 15.6 Å². The van der Waals surface area contributed by atoms with Crippen molar-refractivity contribution in [1.29, 1.82) is 0 Å². The Morgan fingerprint density at radius 3 is 2.48 bits per heavy atom. The molecule has 6 nitrogen and oxygen atoms in total. The van der Waals surface area contributed by atoms with Gasteiger partial charge in [-0.1, -0.05) is 41.9 Å². The lowest BCUT2D eigenvalue weighted by molar-refractivity contribution is -0.123. The van der Waals surface area contributed by atoms with Gasteiger partial charge in [0, 0.05) is 5.69 Å². The molecule has 0 bridgehead atoms. The summed E-state index contributed by atoms with van der Waals surface area (Å²) in [4.78, 5) is 28.4. The zero-order valence-electron chi connectivity index (χ0n) is 14.7. The number of carbonyl (C=O) groups is 2. The van der Waals surface area contributed by atoms with Gasteiger partial charge in [-0.05, 0) is 31.2 Å². The number of oxazole rings is 1. The Labute approximate surface area is 161 Å². The Morgan fingerprint density at radius 1 is 1.04 bits per heavy atom. The largest absolute Gasteiger partial charge is 0.441 e. The monoisotopic (exact) mass is 383 g/mol. The maximum atomic E-state index is 12.1. The van der Waals surface area contributed by atoms with E-state index in [4.69, 9.17) is 16.0 Å². The third kappa shape index (κ3) is 4.95. The minimum Gasteiger partial charge on any atom is -0.441 e. The number of aromatic nitrogens is 1. The normalized spacial score (nSPS) is 10.4. The van der Waals surface area contributed by atoms with Crippen molar-refractivity contribution in [3.05, 3.63) is 71.1 Å². The number of hydrogen-bond acceptors (Lipinski definition) is 4. The molecule has 0 unspecified atom stereocenters. The van der Waals surface area contributed by atoms with Crippen LogP contribution in [0.1, 0.15) is 11.5 Å². The highest BCUT2D eigenvalue weighted by atomic mass is 35.5. The summed E-state index contributed by atoms with van der Waals surface area (Å²) in [6.07, 6.45) is 0.0123. The first-order valence-corrected chi connectivity index (χ1v) is 8.73. The van der Waals surface area contributed by atoms with Crippen LogP contribution in [-0.2, 0) is 16.0 Å². The van der Waals surface area contributed by atoms with Gasteiger partial charge in [0.2, 0.25) is 17.7 Å². The number of amides is 2. The lowest BCUT2D eigenvalue weighted by Crippen LogP contribution is -2.33.